The van der Waals surface area contributed by atoms with Gasteiger partial charge in [0.05, 0.1) is 17.7 Å². The van der Waals surface area contributed by atoms with Gasteiger partial charge >= 0.3 is 0 Å². The van der Waals surface area contributed by atoms with Gasteiger partial charge in [0.15, 0.2) is 5.76 Å². The van der Waals surface area contributed by atoms with Gasteiger partial charge in [0.1, 0.15) is 11.5 Å². The predicted octanol–water partition coefficient (Wildman–Crippen LogP) is 2.77. The highest BCUT2D eigenvalue weighted by Gasteiger charge is 2.32. The van der Waals surface area contributed by atoms with Crippen LogP contribution >= 0.6 is 11.6 Å². The Balaban J connectivity index is 1.56. The highest BCUT2D eigenvalue weighted by atomic mass is 35.5. The second-order valence-corrected chi connectivity index (χ2v) is 7.65. The highest BCUT2D eigenvalue weighted by molar-refractivity contribution is 6.32. The van der Waals surface area contributed by atoms with Crippen molar-refractivity contribution in [3.05, 3.63) is 63.9 Å². The molecule has 0 aromatic heterocycles. The Labute approximate surface area is 174 Å². The third-order valence-corrected chi connectivity index (χ3v) is 5.72. The van der Waals surface area contributed by atoms with Gasteiger partial charge in [-0.2, -0.15) is 0 Å². The number of carbonyl (C=O) groups is 1. The van der Waals surface area contributed by atoms with E-state index in [1.54, 1.807) is 24.3 Å². The Hall–Kier alpha value is -2.38. The Kier molecular flexibility index (Phi) is 5.87. The topological polar surface area (TPSA) is 73.2 Å². The summed E-state index contributed by atoms with van der Waals surface area (Å²) in [6, 6.07) is 10.4. The molecule has 2 heterocycles. The molecule has 0 bridgehead atoms. The SMILES string of the molecule is O=C1/C(=C/c2ccccc2Cl)Oc2c1ccc(O)c2CN1CCN(CCO)CC1. The van der Waals surface area contributed by atoms with Crippen LogP contribution in [0.5, 0.6) is 11.5 Å². The average molecular weight is 415 g/mol. The summed E-state index contributed by atoms with van der Waals surface area (Å²) >= 11 is 6.20. The van der Waals surface area contributed by atoms with Crippen LogP contribution in [0, 0.1) is 0 Å². The van der Waals surface area contributed by atoms with Gasteiger partial charge in [-0.15, -0.1) is 0 Å². The largest absolute Gasteiger partial charge is 0.507 e. The minimum Gasteiger partial charge on any atom is -0.507 e. The fourth-order valence-electron chi connectivity index (χ4n) is 3.72. The van der Waals surface area contributed by atoms with E-state index in [0.29, 0.717) is 40.6 Å². The van der Waals surface area contributed by atoms with Crippen molar-refractivity contribution in [3.63, 3.8) is 0 Å². The van der Waals surface area contributed by atoms with Crippen LogP contribution in [0.1, 0.15) is 21.5 Å². The van der Waals surface area contributed by atoms with Gasteiger partial charge in [-0.1, -0.05) is 29.8 Å². The predicted molar refractivity (Wildman–Crippen MR) is 111 cm³/mol. The number of phenols is 1. The summed E-state index contributed by atoms with van der Waals surface area (Å²) in [5.41, 5.74) is 1.78. The molecule has 0 unspecified atom stereocenters. The van der Waals surface area contributed by atoms with Crippen molar-refractivity contribution >= 4 is 23.5 Å². The normalized spacial score (nSPS) is 18.8. The number of β-amino-alcohol motifs (C(OH)–C–C–N with tert-alkyl or cyclic N) is 1. The second-order valence-electron chi connectivity index (χ2n) is 7.24. The molecule has 0 radical (unpaired) electrons. The number of halogens is 1. The summed E-state index contributed by atoms with van der Waals surface area (Å²) in [6.07, 6.45) is 1.64. The standard InChI is InChI=1S/C22H23ClN2O4/c23-18-4-2-1-3-15(18)13-20-21(28)16-5-6-19(27)17(22(16)29-20)14-25-9-7-24(8-10-25)11-12-26/h1-6,13,26-27H,7-12,14H2/b20-13-. The molecule has 6 nitrogen and oxygen atoms in total. The molecule has 2 N–H and O–H groups in total. The summed E-state index contributed by atoms with van der Waals surface area (Å²) in [4.78, 5) is 17.2. The lowest BCUT2D eigenvalue weighted by Gasteiger charge is -2.34. The fourth-order valence-corrected chi connectivity index (χ4v) is 3.91. The van der Waals surface area contributed by atoms with Crippen molar-refractivity contribution in [2.24, 2.45) is 0 Å². The van der Waals surface area contributed by atoms with E-state index >= 15 is 0 Å². The smallest absolute Gasteiger partial charge is 0.231 e. The maximum Gasteiger partial charge on any atom is 0.231 e. The number of piperazine rings is 1. The number of Topliss-reactive ketones (excluding diaryl/α,β-unsaturated/α-hetero) is 1. The van der Waals surface area contributed by atoms with E-state index in [1.165, 1.54) is 0 Å². The molecule has 0 spiro atoms. The maximum absolute atomic E-state index is 12.8. The summed E-state index contributed by atoms with van der Waals surface area (Å²) in [7, 11) is 0. The molecule has 152 valence electrons. The van der Waals surface area contributed by atoms with Crippen LogP contribution in [0.4, 0.5) is 0 Å². The molecule has 2 aliphatic heterocycles. The maximum atomic E-state index is 12.8. The van der Waals surface area contributed by atoms with Crippen LogP contribution in [0.2, 0.25) is 5.02 Å². The van der Waals surface area contributed by atoms with Crippen molar-refractivity contribution in [1.29, 1.82) is 0 Å². The number of hydrogen-bond donors (Lipinski definition) is 2. The monoisotopic (exact) mass is 414 g/mol. The number of aromatic hydroxyl groups is 1. The number of carbonyl (C=O) groups excluding carboxylic acids is 1. The molecule has 1 fully saturated rings. The first kappa shape index (κ1) is 19.9. The number of nitrogens with zero attached hydrogens (tertiary/aromatic N) is 2. The molecule has 2 aliphatic rings. The summed E-state index contributed by atoms with van der Waals surface area (Å²) in [5, 5.41) is 20.1. The Morgan fingerprint density at radius 3 is 2.52 bits per heavy atom. The molecule has 4 rings (SSSR count). The number of fused-ring (bicyclic) bond motifs is 1. The van der Waals surface area contributed by atoms with Gasteiger partial charge in [0, 0.05) is 44.3 Å². The number of ether oxygens (including phenoxy) is 1. The van der Waals surface area contributed by atoms with Crippen LogP contribution in [-0.4, -0.2) is 65.1 Å². The molecule has 0 atom stereocenters. The molecule has 0 amide bonds. The number of aliphatic hydroxyl groups excluding tert-OH is 1. The third kappa shape index (κ3) is 4.16. The number of benzene rings is 2. The first-order chi connectivity index (χ1) is 14.1. The Bertz CT molecular complexity index is 952. The first-order valence-corrected chi connectivity index (χ1v) is 10.0. The summed E-state index contributed by atoms with van der Waals surface area (Å²) in [5.74, 6) is 0.529. The van der Waals surface area contributed by atoms with Crippen LogP contribution in [0.3, 0.4) is 0 Å². The third-order valence-electron chi connectivity index (χ3n) is 5.37. The molecule has 0 saturated carbocycles. The zero-order valence-corrected chi connectivity index (χ0v) is 16.7. The van der Waals surface area contributed by atoms with Gasteiger partial charge < -0.3 is 14.9 Å². The fraction of sp³-hybridized carbons (Fsp3) is 0.318. The lowest BCUT2D eigenvalue weighted by molar-refractivity contribution is 0.101. The molecular formula is C22H23ClN2O4. The number of phenolic OH excluding ortho intramolecular Hbond substituents is 1. The minimum absolute atomic E-state index is 0.119. The van der Waals surface area contributed by atoms with Crippen molar-refractivity contribution < 1.29 is 19.7 Å². The van der Waals surface area contributed by atoms with Crippen molar-refractivity contribution in [2.75, 3.05) is 39.3 Å². The van der Waals surface area contributed by atoms with Gasteiger partial charge in [0.25, 0.3) is 0 Å². The van der Waals surface area contributed by atoms with Crippen molar-refractivity contribution in [2.45, 2.75) is 6.54 Å². The van der Waals surface area contributed by atoms with E-state index in [-0.39, 0.29) is 23.9 Å². The second kappa shape index (κ2) is 8.55. The number of allylic oxidation sites excluding steroid dienone is 1. The van der Waals surface area contributed by atoms with Crippen LogP contribution in [0.25, 0.3) is 6.08 Å². The van der Waals surface area contributed by atoms with E-state index in [1.807, 2.05) is 18.2 Å². The molecule has 29 heavy (non-hydrogen) atoms. The van der Waals surface area contributed by atoms with Gasteiger partial charge in [-0.05, 0) is 29.8 Å². The van der Waals surface area contributed by atoms with Crippen molar-refractivity contribution in [1.82, 2.24) is 9.80 Å². The Morgan fingerprint density at radius 1 is 1.07 bits per heavy atom. The molecule has 2 aromatic rings. The molecule has 7 heteroatoms. The van der Waals surface area contributed by atoms with Gasteiger partial charge in [-0.3, -0.25) is 14.6 Å². The minimum atomic E-state index is -0.214. The summed E-state index contributed by atoms with van der Waals surface area (Å²) in [6.45, 7) is 4.67. The van der Waals surface area contributed by atoms with Crippen LogP contribution < -0.4 is 4.74 Å². The van der Waals surface area contributed by atoms with E-state index in [9.17, 15) is 9.90 Å². The lowest BCUT2D eigenvalue weighted by atomic mass is 10.0. The zero-order chi connectivity index (χ0) is 20.4. The zero-order valence-electron chi connectivity index (χ0n) is 16.0. The van der Waals surface area contributed by atoms with Crippen molar-refractivity contribution in [3.8, 4) is 11.5 Å². The van der Waals surface area contributed by atoms with Gasteiger partial charge in [-0.25, -0.2) is 0 Å². The van der Waals surface area contributed by atoms with E-state index in [0.717, 1.165) is 26.2 Å². The molecular weight excluding hydrogens is 392 g/mol. The number of hydrogen-bond acceptors (Lipinski definition) is 6. The number of ketones is 1. The quantitative estimate of drug-likeness (QED) is 0.733. The lowest BCUT2D eigenvalue weighted by Crippen LogP contribution is -2.46. The van der Waals surface area contributed by atoms with E-state index in [4.69, 9.17) is 21.4 Å². The molecule has 2 aromatic carbocycles. The van der Waals surface area contributed by atoms with E-state index < -0.39 is 0 Å². The Morgan fingerprint density at radius 2 is 1.79 bits per heavy atom. The van der Waals surface area contributed by atoms with Crippen LogP contribution in [-0.2, 0) is 6.54 Å². The van der Waals surface area contributed by atoms with Crippen LogP contribution in [0.15, 0.2) is 42.2 Å². The van der Waals surface area contributed by atoms with E-state index in [2.05, 4.69) is 9.80 Å². The average Bonchev–Trinajstić information content (AvgIpc) is 3.03. The summed E-state index contributed by atoms with van der Waals surface area (Å²) < 4.78 is 5.91. The molecule has 1 saturated heterocycles. The number of aliphatic hydroxyl groups is 1. The first-order valence-electron chi connectivity index (χ1n) is 9.66. The highest BCUT2D eigenvalue weighted by Crippen LogP contribution is 2.40. The number of rotatable bonds is 5. The molecule has 0 aliphatic carbocycles. The van der Waals surface area contributed by atoms with Gasteiger partial charge in [0.2, 0.25) is 5.78 Å².